The van der Waals surface area contributed by atoms with Gasteiger partial charge in [-0.3, -0.25) is 4.79 Å². The Bertz CT molecular complexity index is 1170. The third kappa shape index (κ3) is 5.32. The van der Waals surface area contributed by atoms with Crippen LogP contribution >= 0.6 is 0 Å². The Morgan fingerprint density at radius 3 is 2.59 bits per heavy atom. The zero-order chi connectivity index (χ0) is 24.5. The van der Waals surface area contributed by atoms with Crippen LogP contribution in [0.3, 0.4) is 0 Å². The summed E-state index contributed by atoms with van der Waals surface area (Å²) in [5.41, 5.74) is 0.593. The fourth-order valence-electron chi connectivity index (χ4n) is 4.24. The van der Waals surface area contributed by atoms with Crippen LogP contribution in [0.15, 0.2) is 36.7 Å². The Hall–Kier alpha value is -3.14. The second kappa shape index (κ2) is 9.61. The number of imidazole rings is 1. The van der Waals surface area contributed by atoms with Gasteiger partial charge >= 0.3 is 6.18 Å². The van der Waals surface area contributed by atoms with Crippen molar-refractivity contribution in [2.45, 2.75) is 57.7 Å². The summed E-state index contributed by atoms with van der Waals surface area (Å²) in [5.74, 6) is 0.0430. The zero-order valence-corrected chi connectivity index (χ0v) is 19.0. The van der Waals surface area contributed by atoms with Crippen molar-refractivity contribution < 1.29 is 27.8 Å². The predicted octanol–water partition coefficient (Wildman–Crippen LogP) is 5.05. The molecule has 1 aliphatic carbocycles. The first kappa shape index (κ1) is 24.0. The number of rotatable bonds is 6. The molecule has 3 aromatic rings. The maximum Gasteiger partial charge on any atom is 0.433 e. The van der Waals surface area contributed by atoms with Gasteiger partial charge in [0.05, 0.1) is 17.4 Å². The van der Waals surface area contributed by atoms with Gasteiger partial charge in [-0.1, -0.05) is 6.07 Å². The van der Waals surface area contributed by atoms with E-state index in [1.807, 2.05) is 20.0 Å². The van der Waals surface area contributed by atoms with Gasteiger partial charge in [-0.05, 0) is 57.6 Å². The highest BCUT2D eigenvalue weighted by atomic mass is 19.4. The molecule has 1 fully saturated rings. The molecular formula is C24H27F3N4O3. The number of carbonyl (C=O) groups excluding carboxylic acids is 1. The molecule has 2 N–H and O–H groups in total. The highest BCUT2D eigenvalue weighted by Crippen LogP contribution is 2.36. The number of nitrogens with one attached hydrogen (secondary N) is 1. The largest absolute Gasteiger partial charge is 0.490 e. The monoisotopic (exact) mass is 476 g/mol. The number of hydrogen-bond acceptors (Lipinski definition) is 5. The lowest BCUT2D eigenvalue weighted by Crippen LogP contribution is -2.18. The van der Waals surface area contributed by atoms with E-state index in [9.17, 15) is 23.1 Å². The van der Waals surface area contributed by atoms with Crippen LogP contribution in [0.5, 0.6) is 5.75 Å². The summed E-state index contributed by atoms with van der Waals surface area (Å²) >= 11 is 0. The Balaban J connectivity index is 1.63. The van der Waals surface area contributed by atoms with E-state index in [0.717, 1.165) is 37.4 Å². The van der Waals surface area contributed by atoms with E-state index in [0.29, 0.717) is 11.6 Å². The number of anilines is 1. The van der Waals surface area contributed by atoms with Crippen molar-refractivity contribution in [3.63, 3.8) is 0 Å². The minimum absolute atomic E-state index is 0.161. The SMILES string of the molecule is CC(C)Oc1cc2nc([C@H]3CC[C@H](CO)CC3)cn2cc1C(=O)Nc1cccc(C(F)(F)F)n1. The van der Waals surface area contributed by atoms with Gasteiger partial charge in [-0.25, -0.2) is 9.97 Å². The lowest BCUT2D eigenvalue weighted by molar-refractivity contribution is -0.141. The van der Waals surface area contributed by atoms with Crippen LogP contribution in [0.25, 0.3) is 5.65 Å². The van der Waals surface area contributed by atoms with Gasteiger partial charge in [-0.15, -0.1) is 0 Å². The molecule has 34 heavy (non-hydrogen) atoms. The minimum Gasteiger partial charge on any atom is -0.490 e. The molecule has 1 amide bonds. The van der Waals surface area contributed by atoms with Crippen molar-refractivity contribution in [2.75, 3.05) is 11.9 Å². The van der Waals surface area contributed by atoms with Crippen LogP contribution < -0.4 is 10.1 Å². The van der Waals surface area contributed by atoms with Crippen LogP contribution in [-0.4, -0.2) is 38.1 Å². The number of halogens is 3. The van der Waals surface area contributed by atoms with E-state index in [1.165, 1.54) is 12.1 Å². The Kier molecular flexibility index (Phi) is 6.79. The Labute approximate surface area is 195 Å². The molecule has 182 valence electrons. The Morgan fingerprint density at radius 1 is 1.21 bits per heavy atom. The van der Waals surface area contributed by atoms with Gasteiger partial charge in [-0.2, -0.15) is 13.2 Å². The molecule has 7 nitrogen and oxygen atoms in total. The summed E-state index contributed by atoms with van der Waals surface area (Å²) in [6, 6.07) is 4.99. The lowest BCUT2D eigenvalue weighted by Gasteiger charge is -2.25. The molecule has 1 saturated carbocycles. The highest BCUT2D eigenvalue weighted by Gasteiger charge is 2.32. The third-order valence-electron chi connectivity index (χ3n) is 5.99. The molecule has 0 atom stereocenters. The van der Waals surface area contributed by atoms with E-state index >= 15 is 0 Å². The number of ether oxygens (including phenoxy) is 1. The number of aliphatic hydroxyl groups is 1. The zero-order valence-electron chi connectivity index (χ0n) is 19.0. The van der Waals surface area contributed by atoms with Crippen LogP contribution in [-0.2, 0) is 6.18 Å². The fraction of sp³-hybridized carbons (Fsp3) is 0.458. The number of amides is 1. The topological polar surface area (TPSA) is 88.8 Å². The molecule has 0 aromatic carbocycles. The molecule has 0 saturated heterocycles. The second-order valence-electron chi connectivity index (χ2n) is 8.91. The number of aromatic nitrogens is 3. The van der Waals surface area contributed by atoms with E-state index in [4.69, 9.17) is 9.72 Å². The molecule has 4 rings (SSSR count). The number of pyridine rings is 2. The van der Waals surface area contributed by atoms with E-state index in [1.54, 1.807) is 16.7 Å². The maximum absolute atomic E-state index is 13.0. The van der Waals surface area contributed by atoms with Crippen molar-refractivity contribution in [1.82, 2.24) is 14.4 Å². The first-order valence-electron chi connectivity index (χ1n) is 11.3. The number of nitrogens with zero attached hydrogens (tertiary/aromatic N) is 3. The average molecular weight is 476 g/mol. The van der Waals surface area contributed by atoms with Gasteiger partial charge in [0, 0.05) is 31.0 Å². The predicted molar refractivity (Wildman–Crippen MR) is 120 cm³/mol. The summed E-state index contributed by atoms with van der Waals surface area (Å²) in [6.45, 7) is 3.83. The van der Waals surface area contributed by atoms with Gasteiger partial charge in [0.2, 0.25) is 0 Å². The first-order valence-corrected chi connectivity index (χ1v) is 11.3. The maximum atomic E-state index is 13.0. The molecule has 0 aliphatic heterocycles. The van der Waals surface area contributed by atoms with Crippen LogP contribution in [0.2, 0.25) is 0 Å². The van der Waals surface area contributed by atoms with E-state index in [2.05, 4.69) is 10.3 Å². The van der Waals surface area contributed by atoms with Crippen LogP contribution in [0.4, 0.5) is 19.0 Å². The number of alkyl halides is 3. The molecule has 3 aromatic heterocycles. The number of hydrogen-bond donors (Lipinski definition) is 2. The van der Waals surface area contributed by atoms with Gasteiger partial charge in [0.15, 0.2) is 0 Å². The lowest BCUT2D eigenvalue weighted by atomic mass is 9.81. The smallest absolute Gasteiger partial charge is 0.433 e. The molecule has 0 spiro atoms. The standard InChI is InChI=1S/C24H27F3N4O3/c1-14(2)34-19-10-22-28-18(16-8-6-15(13-32)7-9-16)12-31(22)11-17(19)23(33)30-21-5-3-4-20(29-21)24(25,26)27/h3-5,10-12,14-16,32H,6-9,13H2,1-2H3,(H,29,30,33)/t15-,16-. The van der Waals surface area contributed by atoms with E-state index < -0.39 is 17.8 Å². The summed E-state index contributed by atoms with van der Waals surface area (Å²) in [5, 5.41) is 11.8. The first-order chi connectivity index (χ1) is 16.1. The van der Waals surface area contributed by atoms with Gasteiger partial charge in [0.25, 0.3) is 5.91 Å². The Morgan fingerprint density at radius 2 is 1.94 bits per heavy atom. The van der Waals surface area contributed by atoms with Crippen molar-refractivity contribution in [2.24, 2.45) is 5.92 Å². The quantitative estimate of drug-likeness (QED) is 0.520. The third-order valence-corrected chi connectivity index (χ3v) is 5.99. The molecular weight excluding hydrogens is 449 g/mol. The van der Waals surface area contributed by atoms with Crippen molar-refractivity contribution in [3.8, 4) is 5.75 Å². The van der Waals surface area contributed by atoms with Crippen molar-refractivity contribution in [3.05, 3.63) is 53.6 Å². The van der Waals surface area contributed by atoms with Gasteiger partial charge < -0.3 is 19.6 Å². The summed E-state index contributed by atoms with van der Waals surface area (Å²) in [4.78, 5) is 21.3. The molecule has 10 heteroatoms. The highest BCUT2D eigenvalue weighted by molar-refractivity contribution is 6.05. The molecule has 0 radical (unpaired) electrons. The van der Waals surface area contributed by atoms with Gasteiger partial charge in [0.1, 0.15) is 22.9 Å². The number of fused-ring (bicyclic) bond motifs is 1. The number of aliphatic hydroxyl groups excluding tert-OH is 1. The minimum atomic E-state index is -4.62. The van der Waals surface area contributed by atoms with Crippen LogP contribution in [0.1, 0.15) is 67.2 Å². The summed E-state index contributed by atoms with van der Waals surface area (Å²) in [6.07, 6.45) is 2.34. The number of carbonyl (C=O) groups is 1. The summed E-state index contributed by atoms with van der Waals surface area (Å²) in [7, 11) is 0. The molecule has 3 heterocycles. The molecule has 0 bridgehead atoms. The van der Waals surface area contributed by atoms with E-state index in [-0.39, 0.29) is 35.8 Å². The molecule has 0 unspecified atom stereocenters. The normalized spacial score (nSPS) is 18.9. The van der Waals surface area contributed by atoms with Crippen molar-refractivity contribution >= 4 is 17.4 Å². The molecule has 1 aliphatic rings. The fourth-order valence-corrected chi connectivity index (χ4v) is 4.24. The summed E-state index contributed by atoms with van der Waals surface area (Å²) < 4.78 is 46.5. The van der Waals surface area contributed by atoms with Crippen LogP contribution in [0, 0.1) is 5.92 Å². The van der Waals surface area contributed by atoms with Crippen molar-refractivity contribution in [1.29, 1.82) is 0 Å². The average Bonchev–Trinajstić information content (AvgIpc) is 3.21. The second-order valence-corrected chi connectivity index (χ2v) is 8.91.